The van der Waals surface area contributed by atoms with Crippen LogP contribution in [0.15, 0.2) is 66.9 Å². The van der Waals surface area contributed by atoms with E-state index in [1.807, 2.05) is 36.4 Å². The Bertz CT molecular complexity index is 1200. The summed E-state index contributed by atoms with van der Waals surface area (Å²) in [5, 5.41) is 14.2. The van der Waals surface area contributed by atoms with E-state index in [0.717, 1.165) is 22.3 Å². The molecule has 0 radical (unpaired) electrons. The summed E-state index contributed by atoms with van der Waals surface area (Å²) in [5.74, 6) is -1.83. The molecule has 0 aliphatic heterocycles. The minimum Gasteiger partial charge on any atom is -0.480 e. The van der Waals surface area contributed by atoms with E-state index in [9.17, 15) is 14.4 Å². The van der Waals surface area contributed by atoms with Crippen molar-refractivity contribution in [2.24, 2.45) is 0 Å². The maximum atomic E-state index is 12.4. The summed E-state index contributed by atoms with van der Waals surface area (Å²) in [5.41, 5.74) is 5.17. The van der Waals surface area contributed by atoms with Gasteiger partial charge >= 0.3 is 12.1 Å². The Morgan fingerprint density at radius 3 is 2.31 bits per heavy atom. The van der Waals surface area contributed by atoms with E-state index in [-0.39, 0.29) is 31.2 Å². The van der Waals surface area contributed by atoms with Crippen molar-refractivity contribution in [3.63, 3.8) is 0 Å². The Morgan fingerprint density at radius 1 is 1.03 bits per heavy atom. The Balaban J connectivity index is 1.34. The summed E-state index contributed by atoms with van der Waals surface area (Å²) in [4.78, 5) is 40.2. The summed E-state index contributed by atoms with van der Waals surface area (Å²) in [6.07, 6.45) is 0.810. The molecule has 0 spiro atoms. The second-order valence-electron chi connectivity index (χ2n) is 8.03. The highest BCUT2D eigenvalue weighted by atomic mass is 16.5. The SMILES string of the molecule is COC[C@H](NC(=O)c1ccnc(CNC(=O)OCC2c3ccccc3-c3ccccc32)c1)C(=O)O. The molecule has 3 aromatic rings. The van der Waals surface area contributed by atoms with E-state index >= 15 is 0 Å². The molecule has 3 N–H and O–H groups in total. The van der Waals surface area contributed by atoms with Crippen LogP contribution in [0.4, 0.5) is 4.79 Å². The van der Waals surface area contributed by atoms with Gasteiger partial charge in [-0.3, -0.25) is 9.78 Å². The predicted molar refractivity (Wildman–Crippen MR) is 127 cm³/mol. The topological polar surface area (TPSA) is 127 Å². The van der Waals surface area contributed by atoms with Crippen molar-refractivity contribution >= 4 is 18.0 Å². The molecule has 0 saturated heterocycles. The van der Waals surface area contributed by atoms with E-state index in [4.69, 9.17) is 14.6 Å². The van der Waals surface area contributed by atoms with Gasteiger partial charge < -0.3 is 25.2 Å². The highest BCUT2D eigenvalue weighted by Crippen LogP contribution is 2.44. The maximum Gasteiger partial charge on any atom is 0.407 e. The normalized spacial score (nSPS) is 12.8. The summed E-state index contributed by atoms with van der Waals surface area (Å²) in [6.45, 7) is 0.0619. The van der Waals surface area contributed by atoms with E-state index in [1.54, 1.807) is 0 Å². The third-order valence-electron chi connectivity index (χ3n) is 5.77. The van der Waals surface area contributed by atoms with Crippen LogP contribution in [0.1, 0.15) is 33.1 Å². The minimum atomic E-state index is -1.20. The molecule has 4 rings (SSSR count). The fourth-order valence-corrected chi connectivity index (χ4v) is 4.11. The predicted octanol–water partition coefficient (Wildman–Crippen LogP) is 2.95. The molecular weight excluding hydrogens is 450 g/mol. The van der Waals surface area contributed by atoms with Gasteiger partial charge in [0, 0.05) is 24.8 Å². The van der Waals surface area contributed by atoms with Crippen molar-refractivity contribution in [2.75, 3.05) is 20.3 Å². The molecule has 9 nitrogen and oxygen atoms in total. The lowest BCUT2D eigenvalue weighted by Gasteiger charge is -2.15. The molecule has 2 amide bonds. The van der Waals surface area contributed by atoms with Crippen LogP contribution in [0, 0.1) is 0 Å². The van der Waals surface area contributed by atoms with E-state index < -0.39 is 24.0 Å². The van der Waals surface area contributed by atoms with Crippen molar-refractivity contribution in [3.8, 4) is 11.1 Å². The molecule has 1 aliphatic rings. The first-order valence-corrected chi connectivity index (χ1v) is 11.0. The fourth-order valence-electron chi connectivity index (χ4n) is 4.11. The Morgan fingerprint density at radius 2 is 1.69 bits per heavy atom. The molecule has 35 heavy (non-hydrogen) atoms. The Hall–Kier alpha value is -4.24. The fraction of sp³-hybridized carbons (Fsp3) is 0.231. The number of ether oxygens (including phenoxy) is 2. The summed E-state index contributed by atoms with van der Waals surface area (Å²) in [6, 6.07) is 17.9. The number of aliphatic carboxylic acids is 1. The molecule has 1 aromatic heterocycles. The number of hydrogen-bond donors (Lipinski definition) is 3. The van der Waals surface area contributed by atoms with Gasteiger partial charge in [0.25, 0.3) is 5.91 Å². The maximum absolute atomic E-state index is 12.4. The average molecular weight is 476 g/mol. The molecule has 0 saturated carbocycles. The Labute approximate surface area is 202 Å². The molecule has 1 aliphatic carbocycles. The standard InChI is InChI=1S/C26H25N3O6/c1-34-15-23(25(31)32)29-24(30)16-10-11-27-17(12-16)13-28-26(33)35-14-22-20-8-4-2-6-18(20)19-7-3-5-9-21(19)22/h2-12,22-23H,13-15H2,1H3,(H,28,33)(H,29,30)(H,31,32)/t23-/m0/s1. The lowest BCUT2D eigenvalue weighted by Crippen LogP contribution is -2.43. The zero-order valence-corrected chi connectivity index (χ0v) is 19.1. The number of carboxylic acid groups (broad SMARTS) is 1. The monoisotopic (exact) mass is 475 g/mol. The van der Waals surface area contributed by atoms with Crippen LogP contribution in [0.2, 0.25) is 0 Å². The number of aromatic nitrogens is 1. The van der Waals surface area contributed by atoms with Crippen LogP contribution in [-0.2, 0) is 20.8 Å². The van der Waals surface area contributed by atoms with E-state index in [0.29, 0.717) is 5.69 Å². The van der Waals surface area contributed by atoms with Crippen molar-refractivity contribution < 1.29 is 29.0 Å². The zero-order chi connectivity index (χ0) is 24.8. The molecule has 2 aromatic carbocycles. The average Bonchev–Trinajstić information content (AvgIpc) is 3.19. The molecule has 0 fully saturated rings. The first-order valence-electron chi connectivity index (χ1n) is 11.0. The number of benzene rings is 2. The van der Waals surface area contributed by atoms with Crippen LogP contribution < -0.4 is 10.6 Å². The van der Waals surface area contributed by atoms with Gasteiger partial charge in [-0.1, -0.05) is 48.5 Å². The number of pyridine rings is 1. The lowest BCUT2D eigenvalue weighted by atomic mass is 9.98. The van der Waals surface area contributed by atoms with Gasteiger partial charge in [-0.25, -0.2) is 9.59 Å². The Kier molecular flexibility index (Phi) is 7.37. The minimum absolute atomic E-state index is 0.0399. The van der Waals surface area contributed by atoms with Gasteiger partial charge in [-0.05, 0) is 34.4 Å². The van der Waals surface area contributed by atoms with Crippen LogP contribution in [0.5, 0.6) is 0 Å². The number of carboxylic acids is 1. The number of nitrogens with zero attached hydrogens (tertiary/aromatic N) is 1. The van der Waals surface area contributed by atoms with E-state index in [1.165, 1.54) is 25.4 Å². The number of hydrogen-bond acceptors (Lipinski definition) is 6. The van der Waals surface area contributed by atoms with Crippen molar-refractivity contribution in [1.29, 1.82) is 0 Å². The summed E-state index contributed by atoms with van der Waals surface area (Å²) < 4.78 is 10.3. The van der Waals surface area contributed by atoms with Crippen LogP contribution in [-0.4, -0.2) is 54.4 Å². The number of nitrogens with one attached hydrogen (secondary N) is 2. The molecule has 180 valence electrons. The van der Waals surface area contributed by atoms with Gasteiger partial charge in [0.2, 0.25) is 0 Å². The van der Waals surface area contributed by atoms with Crippen molar-refractivity contribution in [1.82, 2.24) is 15.6 Å². The molecule has 1 atom stereocenters. The van der Waals surface area contributed by atoms with Gasteiger partial charge in [-0.15, -0.1) is 0 Å². The number of fused-ring (bicyclic) bond motifs is 3. The second kappa shape index (κ2) is 10.8. The first-order chi connectivity index (χ1) is 17.0. The lowest BCUT2D eigenvalue weighted by molar-refractivity contribution is -0.140. The zero-order valence-electron chi connectivity index (χ0n) is 19.1. The smallest absolute Gasteiger partial charge is 0.407 e. The molecule has 0 bridgehead atoms. The summed E-state index contributed by atoms with van der Waals surface area (Å²) in [7, 11) is 1.35. The van der Waals surface area contributed by atoms with Gasteiger partial charge in [-0.2, -0.15) is 0 Å². The molecular formula is C26H25N3O6. The molecule has 1 heterocycles. The number of rotatable bonds is 9. The third-order valence-corrected chi connectivity index (χ3v) is 5.77. The van der Waals surface area contributed by atoms with Crippen LogP contribution in [0.3, 0.4) is 0 Å². The largest absolute Gasteiger partial charge is 0.480 e. The van der Waals surface area contributed by atoms with Crippen molar-refractivity contribution in [3.05, 3.63) is 89.2 Å². The van der Waals surface area contributed by atoms with E-state index in [2.05, 4.69) is 27.8 Å². The second-order valence-corrected chi connectivity index (χ2v) is 8.03. The number of alkyl carbamates (subject to hydrolysis) is 1. The first kappa shape index (κ1) is 23.9. The molecule has 0 unspecified atom stereocenters. The summed E-state index contributed by atoms with van der Waals surface area (Å²) >= 11 is 0. The number of methoxy groups -OCH3 is 1. The van der Waals surface area contributed by atoms with Crippen LogP contribution in [0.25, 0.3) is 11.1 Å². The van der Waals surface area contributed by atoms with Gasteiger partial charge in [0.1, 0.15) is 6.61 Å². The van der Waals surface area contributed by atoms with Crippen molar-refractivity contribution in [2.45, 2.75) is 18.5 Å². The van der Waals surface area contributed by atoms with Gasteiger partial charge in [0.15, 0.2) is 6.04 Å². The highest BCUT2D eigenvalue weighted by molar-refractivity contribution is 5.96. The highest BCUT2D eigenvalue weighted by Gasteiger charge is 2.29. The third kappa shape index (κ3) is 5.47. The molecule has 9 heteroatoms. The number of carbonyl (C=O) groups excluding carboxylic acids is 2. The quantitative estimate of drug-likeness (QED) is 0.434. The van der Waals surface area contributed by atoms with Gasteiger partial charge in [0.05, 0.1) is 18.8 Å². The van der Waals surface area contributed by atoms with Crippen LogP contribution >= 0.6 is 0 Å². The number of amides is 2. The number of carbonyl (C=O) groups is 3.